The number of benzene rings is 1. The van der Waals surface area contributed by atoms with Gasteiger partial charge in [0.2, 0.25) is 0 Å². The highest BCUT2D eigenvalue weighted by atomic mass is 16.5. The lowest BCUT2D eigenvalue weighted by Crippen LogP contribution is -2.44. The van der Waals surface area contributed by atoms with Crippen LogP contribution in [0.2, 0.25) is 0 Å². The molecule has 6 heteroatoms. The average molecular weight is 280 g/mol. The fourth-order valence-electron chi connectivity index (χ4n) is 1.46. The molecule has 0 radical (unpaired) electrons. The second-order valence-electron chi connectivity index (χ2n) is 5.13. The molecule has 0 aliphatic heterocycles. The number of hydrogen-bond acceptors (Lipinski definition) is 4. The van der Waals surface area contributed by atoms with Crippen LogP contribution >= 0.6 is 0 Å². The van der Waals surface area contributed by atoms with Crippen molar-refractivity contribution in [2.24, 2.45) is 0 Å². The number of hydrogen-bond donors (Lipinski definition) is 3. The SMILES string of the molecule is CCC(C)(C)NC(=O)COc1ccc(N)c(C(=O)O)c1. The maximum Gasteiger partial charge on any atom is 0.337 e. The summed E-state index contributed by atoms with van der Waals surface area (Å²) < 4.78 is 5.27. The molecule has 0 spiro atoms. The van der Waals surface area contributed by atoms with Crippen molar-refractivity contribution in [1.29, 1.82) is 0 Å². The first-order chi connectivity index (χ1) is 9.25. The number of nitrogens with one attached hydrogen (secondary N) is 1. The van der Waals surface area contributed by atoms with E-state index in [0.29, 0.717) is 5.75 Å². The molecular weight excluding hydrogens is 260 g/mol. The number of nitrogens with two attached hydrogens (primary N) is 1. The third kappa shape index (κ3) is 4.46. The third-order valence-electron chi connectivity index (χ3n) is 2.99. The number of carbonyl (C=O) groups is 2. The molecule has 0 heterocycles. The molecule has 1 amide bonds. The summed E-state index contributed by atoms with van der Waals surface area (Å²) >= 11 is 0. The van der Waals surface area contributed by atoms with Gasteiger partial charge in [-0.05, 0) is 38.5 Å². The highest BCUT2D eigenvalue weighted by Gasteiger charge is 2.18. The topological polar surface area (TPSA) is 102 Å². The van der Waals surface area contributed by atoms with Crippen molar-refractivity contribution in [3.8, 4) is 5.75 Å². The quantitative estimate of drug-likeness (QED) is 0.688. The number of ether oxygens (including phenoxy) is 1. The zero-order chi connectivity index (χ0) is 15.3. The highest BCUT2D eigenvalue weighted by Crippen LogP contribution is 2.19. The number of amides is 1. The number of carboxylic acid groups (broad SMARTS) is 1. The molecule has 1 aromatic carbocycles. The second-order valence-corrected chi connectivity index (χ2v) is 5.13. The van der Waals surface area contributed by atoms with E-state index in [1.165, 1.54) is 18.2 Å². The average Bonchev–Trinajstić information content (AvgIpc) is 2.37. The zero-order valence-electron chi connectivity index (χ0n) is 11.9. The van der Waals surface area contributed by atoms with Gasteiger partial charge in [0.25, 0.3) is 5.91 Å². The van der Waals surface area contributed by atoms with Gasteiger partial charge in [-0.25, -0.2) is 4.79 Å². The molecule has 0 atom stereocenters. The van der Waals surface area contributed by atoms with Crippen molar-refractivity contribution in [3.05, 3.63) is 23.8 Å². The van der Waals surface area contributed by atoms with Crippen molar-refractivity contribution in [2.75, 3.05) is 12.3 Å². The summed E-state index contributed by atoms with van der Waals surface area (Å²) in [5.41, 5.74) is 5.34. The van der Waals surface area contributed by atoms with Crippen LogP contribution in [-0.4, -0.2) is 29.1 Å². The molecule has 1 aromatic rings. The minimum Gasteiger partial charge on any atom is -0.484 e. The summed E-state index contributed by atoms with van der Waals surface area (Å²) in [6, 6.07) is 4.27. The van der Waals surface area contributed by atoms with Crippen LogP contribution in [-0.2, 0) is 4.79 Å². The summed E-state index contributed by atoms with van der Waals surface area (Å²) in [4.78, 5) is 22.6. The lowest BCUT2D eigenvalue weighted by Gasteiger charge is -2.24. The van der Waals surface area contributed by atoms with Gasteiger partial charge in [-0.1, -0.05) is 6.92 Å². The van der Waals surface area contributed by atoms with Gasteiger partial charge in [0.1, 0.15) is 5.75 Å². The van der Waals surface area contributed by atoms with Crippen LogP contribution in [0.1, 0.15) is 37.6 Å². The highest BCUT2D eigenvalue weighted by molar-refractivity contribution is 5.94. The van der Waals surface area contributed by atoms with E-state index >= 15 is 0 Å². The standard InChI is InChI=1S/C14H20N2O4/c1-4-14(2,3)16-12(17)8-20-9-5-6-11(15)10(7-9)13(18)19/h5-7H,4,8,15H2,1-3H3,(H,16,17)(H,18,19). The van der Waals surface area contributed by atoms with Gasteiger partial charge >= 0.3 is 5.97 Å². The zero-order valence-corrected chi connectivity index (χ0v) is 11.9. The van der Waals surface area contributed by atoms with Crippen LogP contribution in [0.4, 0.5) is 5.69 Å². The minimum atomic E-state index is -1.13. The van der Waals surface area contributed by atoms with E-state index in [1.54, 1.807) is 0 Å². The van der Waals surface area contributed by atoms with Crippen LogP contribution < -0.4 is 15.8 Å². The molecule has 0 aliphatic rings. The van der Waals surface area contributed by atoms with Crippen LogP contribution in [0.25, 0.3) is 0 Å². The van der Waals surface area contributed by atoms with E-state index in [2.05, 4.69) is 5.32 Å². The lowest BCUT2D eigenvalue weighted by molar-refractivity contribution is -0.124. The summed E-state index contributed by atoms with van der Waals surface area (Å²) in [5.74, 6) is -1.10. The fourth-order valence-corrected chi connectivity index (χ4v) is 1.46. The van der Waals surface area contributed by atoms with Crippen molar-refractivity contribution >= 4 is 17.6 Å². The van der Waals surface area contributed by atoms with Crippen LogP contribution in [0, 0.1) is 0 Å². The van der Waals surface area contributed by atoms with Gasteiger partial charge in [-0.15, -0.1) is 0 Å². The normalized spacial score (nSPS) is 10.9. The Morgan fingerprint density at radius 2 is 2.05 bits per heavy atom. The molecule has 6 nitrogen and oxygen atoms in total. The van der Waals surface area contributed by atoms with Gasteiger partial charge in [0, 0.05) is 11.2 Å². The Hall–Kier alpha value is -2.24. The number of carboxylic acids is 1. The first-order valence-corrected chi connectivity index (χ1v) is 6.32. The summed E-state index contributed by atoms with van der Waals surface area (Å²) in [5, 5.41) is 11.8. The predicted octanol–water partition coefficient (Wildman–Crippen LogP) is 1.65. The van der Waals surface area contributed by atoms with Crippen molar-refractivity contribution < 1.29 is 19.4 Å². The molecule has 0 bridgehead atoms. The van der Waals surface area contributed by atoms with Crippen LogP contribution in [0.3, 0.4) is 0 Å². The van der Waals surface area contributed by atoms with Crippen LogP contribution in [0.5, 0.6) is 5.75 Å². The number of nitrogen functional groups attached to an aromatic ring is 1. The Kier molecular flexibility index (Phi) is 4.96. The van der Waals surface area contributed by atoms with E-state index in [4.69, 9.17) is 15.6 Å². The largest absolute Gasteiger partial charge is 0.484 e. The van der Waals surface area contributed by atoms with Gasteiger partial charge < -0.3 is 20.9 Å². The Balaban J connectivity index is 2.64. The second kappa shape index (κ2) is 6.27. The lowest BCUT2D eigenvalue weighted by atomic mass is 10.0. The van der Waals surface area contributed by atoms with E-state index in [-0.39, 0.29) is 29.3 Å². The number of aromatic carboxylic acids is 1. The molecule has 0 aromatic heterocycles. The molecule has 0 unspecified atom stereocenters. The van der Waals surface area contributed by atoms with E-state index < -0.39 is 5.97 Å². The monoisotopic (exact) mass is 280 g/mol. The molecule has 4 N–H and O–H groups in total. The Bertz CT molecular complexity index is 512. The van der Waals surface area contributed by atoms with Gasteiger partial charge in [0.05, 0.1) is 5.56 Å². The maximum atomic E-state index is 11.7. The Morgan fingerprint density at radius 3 is 2.60 bits per heavy atom. The van der Waals surface area contributed by atoms with Gasteiger partial charge in [0.15, 0.2) is 6.61 Å². The summed E-state index contributed by atoms with van der Waals surface area (Å²) in [7, 11) is 0. The molecule has 110 valence electrons. The van der Waals surface area contributed by atoms with E-state index in [0.717, 1.165) is 6.42 Å². The third-order valence-corrected chi connectivity index (χ3v) is 2.99. The molecule has 0 aliphatic carbocycles. The van der Waals surface area contributed by atoms with E-state index in [1.807, 2.05) is 20.8 Å². The molecule has 0 fully saturated rings. The molecule has 1 rings (SSSR count). The minimum absolute atomic E-state index is 0.0446. The molecule has 0 saturated heterocycles. The van der Waals surface area contributed by atoms with Crippen LogP contribution in [0.15, 0.2) is 18.2 Å². The Labute approximate surface area is 117 Å². The van der Waals surface area contributed by atoms with Crippen molar-refractivity contribution in [3.63, 3.8) is 0 Å². The first-order valence-electron chi connectivity index (χ1n) is 6.32. The maximum absolute atomic E-state index is 11.7. The van der Waals surface area contributed by atoms with Crippen molar-refractivity contribution in [1.82, 2.24) is 5.32 Å². The number of rotatable bonds is 6. The van der Waals surface area contributed by atoms with Crippen molar-refractivity contribution in [2.45, 2.75) is 32.7 Å². The molecule has 20 heavy (non-hydrogen) atoms. The molecular formula is C14H20N2O4. The van der Waals surface area contributed by atoms with Gasteiger partial charge in [-0.3, -0.25) is 4.79 Å². The summed E-state index contributed by atoms with van der Waals surface area (Å²) in [6.45, 7) is 5.62. The molecule has 0 saturated carbocycles. The Morgan fingerprint density at radius 1 is 1.40 bits per heavy atom. The van der Waals surface area contributed by atoms with E-state index in [9.17, 15) is 9.59 Å². The smallest absolute Gasteiger partial charge is 0.337 e. The number of anilines is 1. The fraction of sp³-hybridized carbons (Fsp3) is 0.429. The number of carbonyl (C=O) groups excluding carboxylic acids is 1. The van der Waals surface area contributed by atoms with Gasteiger partial charge in [-0.2, -0.15) is 0 Å². The summed E-state index contributed by atoms with van der Waals surface area (Å²) in [6.07, 6.45) is 0.795. The first kappa shape index (κ1) is 15.8. The predicted molar refractivity (Wildman–Crippen MR) is 75.8 cm³/mol.